The number of carbonyl (C=O) groups excluding carboxylic acids is 2. The first-order chi connectivity index (χ1) is 17.8. The zero-order valence-electron chi connectivity index (χ0n) is 20.3. The van der Waals surface area contributed by atoms with Gasteiger partial charge in [-0.3, -0.25) is 19.5 Å². The van der Waals surface area contributed by atoms with Crippen molar-refractivity contribution in [3.8, 4) is 5.69 Å². The molecule has 37 heavy (non-hydrogen) atoms. The van der Waals surface area contributed by atoms with Crippen LogP contribution in [0.2, 0.25) is 5.02 Å². The molecule has 0 aliphatic heterocycles. The number of aryl methyl sites for hydroxylation is 2. The number of carbonyl (C=O) groups is 2. The molecule has 0 atom stereocenters. The molecule has 0 unspecified atom stereocenters. The molecular formula is C24H24ClN7O2S3. The Hall–Kier alpha value is -2.93. The molecule has 0 saturated heterocycles. The molecule has 192 valence electrons. The molecule has 0 saturated carbocycles. The highest BCUT2D eigenvalue weighted by Crippen LogP contribution is 2.27. The van der Waals surface area contributed by atoms with Crippen LogP contribution in [-0.4, -0.2) is 48.3 Å². The highest BCUT2D eigenvalue weighted by atomic mass is 35.5. The van der Waals surface area contributed by atoms with E-state index in [2.05, 4.69) is 31.0 Å². The number of halogens is 1. The Morgan fingerprint density at radius 2 is 1.86 bits per heavy atom. The predicted octanol–water partition coefficient (Wildman–Crippen LogP) is 5.16. The summed E-state index contributed by atoms with van der Waals surface area (Å²) in [4.78, 5) is 25.3. The molecule has 0 bridgehead atoms. The van der Waals surface area contributed by atoms with E-state index < -0.39 is 0 Å². The lowest BCUT2D eigenvalue weighted by Gasteiger charge is -2.12. The maximum atomic E-state index is 12.8. The fourth-order valence-corrected chi connectivity index (χ4v) is 5.87. The highest BCUT2D eigenvalue weighted by molar-refractivity contribution is 8.01. The van der Waals surface area contributed by atoms with E-state index in [4.69, 9.17) is 11.6 Å². The van der Waals surface area contributed by atoms with Gasteiger partial charge in [0.2, 0.25) is 11.0 Å². The van der Waals surface area contributed by atoms with Gasteiger partial charge in [0, 0.05) is 10.6 Å². The molecule has 2 aromatic carbocycles. The zero-order valence-corrected chi connectivity index (χ0v) is 23.5. The molecule has 2 amide bonds. The zero-order chi connectivity index (χ0) is 26.4. The van der Waals surface area contributed by atoms with Gasteiger partial charge in [0.15, 0.2) is 15.3 Å². The summed E-state index contributed by atoms with van der Waals surface area (Å²) in [5.41, 5.74) is 3.46. The summed E-state index contributed by atoms with van der Waals surface area (Å²) in [7, 11) is 0. The monoisotopic (exact) mass is 573 g/mol. The van der Waals surface area contributed by atoms with E-state index in [1.807, 2.05) is 45.0 Å². The first-order valence-corrected chi connectivity index (χ1v) is 14.4. The van der Waals surface area contributed by atoms with Gasteiger partial charge in [0.05, 0.1) is 18.0 Å². The van der Waals surface area contributed by atoms with Crippen LogP contribution in [0.25, 0.3) is 5.69 Å². The maximum absolute atomic E-state index is 12.8. The van der Waals surface area contributed by atoms with Crippen LogP contribution in [0, 0.1) is 13.8 Å². The third-order valence-electron chi connectivity index (χ3n) is 5.20. The van der Waals surface area contributed by atoms with Gasteiger partial charge >= 0.3 is 0 Å². The minimum absolute atomic E-state index is 0.0868. The summed E-state index contributed by atoms with van der Waals surface area (Å²) >= 11 is 10.4. The van der Waals surface area contributed by atoms with Crippen molar-refractivity contribution < 1.29 is 9.59 Å². The van der Waals surface area contributed by atoms with Crippen LogP contribution in [0.3, 0.4) is 0 Å². The highest BCUT2D eigenvalue weighted by Gasteiger charge is 2.18. The SMILES string of the molecule is CCSc1nnc(NC(=O)CSc2nnc(CNC(=O)c3ccc(C)c(C)c3)n2-c2cccc(Cl)c2)s1. The Kier molecular flexibility index (Phi) is 9.19. The molecule has 0 spiro atoms. The van der Waals surface area contributed by atoms with Crippen molar-refractivity contribution in [1.29, 1.82) is 0 Å². The van der Waals surface area contributed by atoms with Crippen molar-refractivity contribution in [3.63, 3.8) is 0 Å². The van der Waals surface area contributed by atoms with Gasteiger partial charge in [-0.25, -0.2) is 0 Å². The number of anilines is 1. The van der Waals surface area contributed by atoms with E-state index in [1.54, 1.807) is 34.5 Å². The standard InChI is InChI=1S/C24H24ClN7O2S3/c1-4-35-24-31-29-22(37-24)27-20(33)13-36-23-30-28-19(32(23)18-7-5-6-17(25)11-18)12-26-21(34)16-9-8-14(2)15(3)10-16/h5-11H,4,12-13H2,1-3H3,(H,26,34)(H,27,29,33). The Balaban J connectivity index is 1.48. The third kappa shape index (κ3) is 7.10. The molecule has 0 radical (unpaired) electrons. The van der Waals surface area contributed by atoms with Crippen LogP contribution < -0.4 is 10.6 Å². The number of rotatable bonds is 10. The average molecular weight is 574 g/mol. The molecule has 0 fully saturated rings. The average Bonchev–Trinajstić information content (AvgIpc) is 3.49. The van der Waals surface area contributed by atoms with E-state index in [9.17, 15) is 9.59 Å². The molecule has 2 heterocycles. The Bertz CT molecular complexity index is 1420. The van der Waals surface area contributed by atoms with E-state index in [0.717, 1.165) is 26.9 Å². The van der Waals surface area contributed by atoms with Crippen molar-refractivity contribution in [2.75, 3.05) is 16.8 Å². The Morgan fingerprint density at radius 3 is 2.62 bits per heavy atom. The molecule has 9 nitrogen and oxygen atoms in total. The number of amides is 2. The Morgan fingerprint density at radius 1 is 1.03 bits per heavy atom. The molecular weight excluding hydrogens is 550 g/mol. The normalized spacial score (nSPS) is 10.9. The molecule has 2 N–H and O–H groups in total. The van der Waals surface area contributed by atoms with Crippen LogP contribution in [0.15, 0.2) is 52.0 Å². The summed E-state index contributed by atoms with van der Waals surface area (Å²) in [6, 6.07) is 12.8. The quantitative estimate of drug-likeness (QED) is 0.197. The molecule has 0 aliphatic carbocycles. The predicted molar refractivity (Wildman–Crippen MR) is 149 cm³/mol. The van der Waals surface area contributed by atoms with Gasteiger partial charge in [0.25, 0.3) is 5.91 Å². The number of nitrogens with zero attached hydrogens (tertiary/aromatic N) is 5. The lowest BCUT2D eigenvalue weighted by atomic mass is 10.1. The number of benzene rings is 2. The second-order valence-corrected chi connectivity index (χ2v) is 11.7. The van der Waals surface area contributed by atoms with Gasteiger partial charge in [-0.1, -0.05) is 65.5 Å². The molecule has 4 aromatic rings. The van der Waals surface area contributed by atoms with Crippen molar-refractivity contribution in [2.24, 2.45) is 0 Å². The van der Waals surface area contributed by atoms with Gasteiger partial charge < -0.3 is 5.32 Å². The largest absolute Gasteiger partial charge is 0.345 e. The summed E-state index contributed by atoms with van der Waals surface area (Å²) in [6.07, 6.45) is 0. The van der Waals surface area contributed by atoms with Crippen molar-refractivity contribution in [1.82, 2.24) is 30.3 Å². The van der Waals surface area contributed by atoms with Crippen molar-refractivity contribution >= 4 is 63.4 Å². The summed E-state index contributed by atoms with van der Waals surface area (Å²) < 4.78 is 2.59. The summed E-state index contributed by atoms with van der Waals surface area (Å²) in [6.45, 7) is 6.14. The minimum atomic E-state index is -0.237. The van der Waals surface area contributed by atoms with E-state index >= 15 is 0 Å². The fraction of sp³-hybridized carbons (Fsp3) is 0.250. The fourth-order valence-electron chi connectivity index (χ4n) is 3.25. The van der Waals surface area contributed by atoms with Gasteiger partial charge in [-0.05, 0) is 61.1 Å². The first kappa shape index (κ1) is 27.1. The van der Waals surface area contributed by atoms with Crippen molar-refractivity contribution in [3.05, 3.63) is 70.0 Å². The summed E-state index contributed by atoms with van der Waals surface area (Å²) in [5.74, 6) is 1.02. The van der Waals surface area contributed by atoms with Gasteiger partial charge in [0.1, 0.15) is 0 Å². The van der Waals surface area contributed by atoms with E-state index in [-0.39, 0.29) is 24.1 Å². The molecule has 0 aliphatic rings. The van der Waals surface area contributed by atoms with Crippen molar-refractivity contribution in [2.45, 2.75) is 36.8 Å². The lowest BCUT2D eigenvalue weighted by molar-refractivity contribution is -0.113. The van der Waals surface area contributed by atoms with Gasteiger partial charge in [-0.15, -0.1) is 20.4 Å². The van der Waals surface area contributed by atoms with Crippen LogP contribution in [0.5, 0.6) is 0 Å². The van der Waals surface area contributed by atoms with Crippen LogP contribution in [0.4, 0.5) is 5.13 Å². The first-order valence-electron chi connectivity index (χ1n) is 11.3. The number of hydrogen-bond donors (Lipinski definition) is 2. The number of hydrogen-bond acceptors (Lipinski definition) is 9. The second-order valence-electron chi connectivity index (χ2n) is 7.84. The third-order valence-corrected chi connectivity index (χ3v) is 8.21. The number of nitrogens with one attached hydrogen (secondary N) is 2. The van der Waals surface area contributed by atoms with Crippen LogP contribution >= 0.6 is 46.5 Å². The van der Waals surface area contributed by atoms with Crippen LogP contribution in [-0.2, 0) is 11.3 Å². The van der Waals surface area contributed by atoms with Crippen LogP contribution in [0.1, 0.15) is 34.2 Å². The number of thioether (sulfide) groups is 2. The summed E-state index contributed by atoms with van der Waals surface area (Å²) in [5, 5.41) is 23.8. The molecule has 13 heteroatoms. The van der Waals surface area contributed by atoms with E-state index in [1.165, 1.54) is 23.1 Å². The smallest absolute Gasteiger partial charge is 0.251 e. The second kappa shape index (κ2) is 12.5. The maximum Gasteiger partial charge on any atom is 0.251 e. The Labute approximate surface area is 231 Å². The topological polar surface area (TPSA) is 115 Å². The minimum Gasteiger partial charge on any atom is -0.345 e. The van der Waals surface area contributed by atoms with E-state index in [0.29, 0.717) is 26.7 Å². The molecule has 4 rings (SSSR count). The lowest BCUT2D eigenvalue weighted by Crippen LogP contribution is -2.24. The number of aromatic nitrogens is 5. The molecule has 2 aromatic heterocycles. The van der Waals surface area contributed by atoms with Gasteiger partial charge in [-0.2, -0.15) is 0 Å².